The van der Waals surface area contributed by atoms with Gasteiger partial charge in [-0.1, -0.05) is 0 Å². The normalized spacial score (nSPS) is 14.8. The zero-order chi connectivity index (χ0) is 15.0. The largest absolute Gasteiger partial charge is 0.478 e. The van der Waals surface area contributed by atoms with Gasteiger partial charge in [0.1, 0.15) is 5.82 Å². The number of carbonyl (C=O) groups excluding carboxylic acids is 2. The van der Waals surface area contributed by atoms with Gasteiger partial charge in [-0.25, -0.2) is 9.18 Å². The summed E-state index contributed by atoms with van der Waals surface area (Å²) in [5.41, 5.74) is 0.632. The van der Waals surface area contributed by atoms with Crippen LogP contribution in [0.25, 0.3) is 0 Å². The molecule has 1 aromatic carbocycles. The van der Waals surface area contributed by atoms with Gasteiger partial charge >= 0.3 is 5.97 Å². The highest BCUT2D eigenvalue weighted by Gasteiger charge is 2.37. The molecule has 104 valence electrons. The molecule has 0 aromatic heterocycles. The first-order valence-corrected chi connectivity index (χ1v) is 6.36. The van der Waals surface area contributed by atoms with Crippen LogP contribution < -0.4 is 4.90 Å². The van der Waals surface area contributed by atoms with E-state index in [1.54, 1.807) is 0 Å². The lowest BCUT2D eigenvalue weighted by Gasteiger charge is -2.18. The van der Waals surface area contributed by atoms with E-state index in [-0.39, 0.29) is 22.3 Å². The van der Waals surface area contributed by atoms with Crippen molar-refractivity contribution in [2.75, 3.05) is 11.4 Å². The summed E-state index contributed by atoms with van der Waals surface area (Å²) in [5, 5.41) is 8.66. The molecule has 0 radical (unpaired) electrons. The number of carboxylic acids is 1. The van der Waals surface area contributed by atoms with Crippen LogP contribution in [0.3, 0.4) is 0 Å². The summed E-state index contributed by atoms with van der Waals surface area (Å²) in [6, 6.07) is 2.14. The number of amides is 1. The Kier molecular flexibility index (Phi) is 3.71. The van der Waals surface area contributed by atoms with Crippen molar-refractivity contribution < 1.29 is 23.9 Å². The Labute approximate surface area is 121 Å². The molecule has 1 heterocycles. The number of rotatable bonds is 3. The summed E-state index contributed by atoms with van der Waals surface area (Å²) in [4.78, 5) is 35.4. The van der Waals surface area contributed by atoms with Crippen LogP contribution in [0.1, 0.15) is 17.3 Å². The number of carbonyl (C=O) groups is 3. The molecule has 5 nitrogen and oxygen atoms in total. The van der Waals surface area contributed by atoms with Gasteiger partial charge in [0, 0.05) is 17.1 Å². The van der Waals surface area contributed by atoms with E-state index in [2.05, 4.69) is 15.9 Å². The molecule has 0 saturated heterocycles. The summed E-state index contributed by atoms with van der Waals surface area (Å²) in [6.45, 7) is 1.48. The maximum Gasteiger partial charge on any atom is 0.328 e. The zero-order valence-corrected chi connectivity index (χ0v) is 11.9. The van der Waals surface area contributed by atoms with Gasteiger partial charge in [-0.05, 0) is 40.6 Å². The van der Waals surface area contributed by atoms with Crippen molar-refractivity contribution in [2.45, 2.75) is 6.92 Å². The number of ketones is 1. The molecule has 0 unspecified atom stereocenters. The van der Waals surface area contributed by atoms with Gasteiger partial charge in [-0.3, -0.25) is 14.5 Å². The maximum absolute atomic E-state index is 13.3. The molecular formula is C13H9BrFNO4. The average Bonchev–Trinajstić information content (AvgIpc) is 2.53. The van der Waals surface area contributed by atoms with Crippen molar-refractivity contribution in [1.29, 1.82) is 0 Å². The van der Waals surface area contributed by atoms with Crippen LogP contribution in [-0.4, -0.2) is 29.3 Å². The smallest absolute Gasteiger partial charge is 0.328 e. The summed E-state index contributed by atoms with van der Waals surface area (Å²) >= 11 is 3.11. The number of nitrogens with zero attached hydrogens (tertiary/aromatic N) is 1. The van der Waals surface area contributed by atoms with Crippen molar-refractivity contribution in [3.05, 3.63) is 39.6 Å². The van der Waals surface area contributed by atoms with Gasteiger partial charge in [-0.2, -0.15) is 0 Å². The fourth-order valence-electron chi connectivity index (χ4n) is 2.01. The summed E-state index contributed by atoms with van der Waals surface area (Å²) in [6.07, 6.45) is 0.952. The SMILES string of the molecule is CC(=CC(=O)O)CN1C(=O)C(=O)c2cc(F)cc(Br)c21. The fourth-order valence-corrected chi connectivity index (χ4v) is 2.66. The van der Waals surface area contributed by atoms with E-state index < -0.39 is 23.5 Å². The molecule has 2 rings (SSSR count). The Morgan fingerprint density at radius 1 is 1.45 bits per heavy atom. The topological polar surface area (TPSA) is 74.7 Å². The predicted octanol–water partition coefficient (Wildman–Crippen LogP) is 2.15. The Hall–Kier alpha value is -2.02. The minimum atomic E-state index is -1.14. The molecule has 1 amide bonds. The molecule has 0 fully saturated rings. The van der Waals surface area contributed by atoms with Crippen molar-refractivity contribution in [3.63, 3.8) is 0 Å². The summed E-state index contributed by atoms with van der Waals surface area (Å²) in [5.74, 6) is -3.37. The molecule has 1 N–H and O–H groups in total. The van der Waals surface area contributed by atoms with Crippen LogP contribution >= 0.6 is 15.9 Å². The van der Waals surface area contributed by atoms with Crippen LogP contribution in [0.15, 0.2) is 28.3 Å². The quantitative estimate of drug-likeness (QED) is 0.675. The first kappa shape index (κ1) is 14.4. The second-order valence-electron chi connectivity index (χ2n) is 4.33. The van der Waals surface area contributed by atoms with Gasteiger partial charge < -0.3 is 5.11 Å². The molecule has 0 atom stereocenters. The Morgan fingerprint density at radius 3 is 2.70 bits per heavy atom. The van der Waals surface area contributed by atoms with E-state index in [1.807, 2.05) is 0 Å². The van der Waals surface area contributed by atoms with Gasteiger partial charge in [0.25, 0.3) is 11.7 Å². The van der Waals surface area contributed by atoms with Crippen LogP contribution in [0.5, 0.6) is 0 Å². The van der Waals surface area contributed by atoms with E-state index in [0.29, 0.717) is 5.57 Å². The highest BCUT2D eigenvalue weighted by molar-refractivity contribution is 9.10. The minimum Gasteiger partial charge on any atom is -0.478 e. The number of halogens is 2. The van der Waals surface area contributed by atoms with Gasteiger partial charge in [0.2, 0.25) is 0 Å². The third-order valence-electron chi connectivity index (χ3n) is 2.76. The molecule has 0 aliphatic carbocycles. The van der Waals surface area contributed by atoms with Gasteiger partial charge in [0.15, 0.2) is 0 Å². The van der Waals surface area contributed by atoms with Crippen LogP contribution in [-0.2, 0) is 9.59 Å². The van der Waals surface area contributed by atoms with Crippen molar-refractivity contribution in [1.82, 2.24) is 0 Å². The second-order valence-corrected chi connectivity index (χ2v) is 5.19. The first-order chi connectivity index (χ1) is 9.31. The minimum absolute atomic E-state index is 0.0231. The molecule has 0 spiro atoms. The van der Waals surface area contributed by atoms with E-state index in [1.165, 1.54) is 6.92 Å². The number of Topliss-reactive ketones (excluding diaryl/α,β-unsaturated/α-hetero) is 1. The second kappa shape index (κ2) is 5.16. The van der Waals surface area contributed by atoms with E-state index >= 15 is 0 Å². The molecule has 1 aliphatic rings. The number of fused-ring (bicyclic) bond motifs is 1. The molecule has 1 aliphatic heterocycles. The molecule has 0 bridgehead atoms. The molecule has 20 heavy (non-hydrogen) atoms. The summed E-state index contributed by atoms with van der Waals surface area (Å²) < 4.78 is 13.6. The zero-order valence-electron chi connectivity index (χ0n) is 10.3. The predicted molar refractivity (Wildman–Crippen MR) is 72.2 cm³/mol. The van der Waals surface area contributed by atoms with Crippen molar-refractivity contribution >= 4 is 39.3 Å². The molecular weight excluding hydrogens is 333 g/mol. The number of hydrogen-bond acceptors (Lipinski definition) is 3. The number of aliphatic carboxylic acids is 1. The number of benzene rings is 1. The molecule has 7 heteroatoms. The van der Waals surface area contributed by atoms with E-state index in [0.717, 1.165) is 23.1 Å². The van der Waals surface area contributed by atoms with Crippen LogP contribution in [0, 0.1) is 5.82 Å². The Balaban J connectivity index is 2.46. The maximum atomic E-state index is 13.3. The molecule has 1 aromatic rings. The lowest BCUT2D eigenvalue weighted by molar-refractivity contribution is -0.131. The lowest BCUT2D eigenvalue weighted by Crippen LogP contribution is -2.31. The lowest BCUT2D eigenvalue weighted by atomic mass is 10.1. The first-order valence-electron chi connectivity index (χ1n) is 5.56. The average molecular weight is 342 g/mol. The molecule has 0 saturated carbocycles. The number of hydrogen-bond donors (Lipinski definition) is 1. The van der Waals surface area contributed by atoms with Crippen molar-refractivity contribution in [2.24, 2.45) is 0 Å². The van der Waals surface area contributed by atoms with E-state index in [4.69, 9.17) is 5.11 Å². The Morgan fingerprint density at radius 2 is 2.10 bits per heavy atom. The van der Waals surface area contributed by atoms with E-state index in [9.17, 15) is 18.8 Å². The third kappa shape index (κ3) is 2.49. The monoisotopic (exact) mass is 341 g/mol. The highest BCUT2D eigenvalue weighted by Crippen LogP contribution is 2.37. The summed E-state index contributed by atoms with van der Waals surface area (Å²) in [7, 11) is 0. The number of anilines is 1. The van der Waals surface area contributed by atoms with Crippen molar-refractivity contribution in [3.8, 4) is 0 Å². The standard InChI is InChI=1S/C13H9BrFNO4/c1-6(2-10(17)18)5-16-11-8(12(19)13(16)20)3-7(15)4-9(11)14/h2-4H,5H2,1H3,(H,17,18). The number of carboxylic acid groups (broad SMARTS) is 1. The third-order valence-corrected chi connectivity index (χ3v) is 3.36. The fraction of sp³-hybridized carbons (Fsp3) is 0.154. The van der Waals surface area contributed by atoms with Gasteiger partial charge in [0.05, 0.1) is 11.3 Å². The van der Waals surface area contributed by atoms with Crippen LogP contribution in [0.4, 0.5) is 10.1 Å². The Bertz CT molecular complexity index is 669. The highest BCUT2D eigenvalue weighted by atomic mass is 79.9. The van der Waals surface area contributed by atoms with Gasteiger partial charge in [-0.15, -0.1) is 0 Å². The van der Waals surface area contributed by atoms with Crippen LogP contribution in [0.2, 0.25) is 0 Å².